The number of carbonyl (C=O) groups excluding carboxylic acids is 1. The van der Waals surface area contributed by atoms with Crippen molar-refractivity contribution in [3.63, 3.8) is 0 Å². The van der Waals surface area contributed by atoms with Crippen LogP contribution in [0.2, 0.25) is 0 Å². The van der Waals surface area contributed by atoms with Crippen LogP contribution in [-0.4, -0.2) is 10.2 Å². The molecule has 1 saturated heterocycles. The van der Waals surface area contributed by atoms with Crippen LogP contribution in [0.4, 0.5) is 5.69 Å². The number of hydrogen-bond acceptors (Lipinski definition) is 3. The molecule has 0 N–H and O–H groups in total. The molecule has 0 aromatic heterocycles. The summed E-state index contributed by atoms with van der Waals surface area (Å²) in [7, 11) is 0. The lowest BCUT2D eigenvalue weighted by Gasteiger charge is -2.17. The lowest BCUT2D eigenvalue weighted by molar-refractivity contribution is -0.113. The molecule has 1 aliphatic rings. The van der Waals surface area contributed by atoms with Crippen molar-refractivity contribution in [3.05, 3.63) is 81.8 Å². The van der Waals surface area contributed by atoms with Crippen molar-refractivity contribution in [3.8, 4) is 0 Å². The standard InChI is InChI=1S/C21H19NOS2/c1-14-9-10-18(16(3)11-14)22-20(23)19(25-21(22)24)13-15(2)12-17-7-5-4-6-8-17/h4-13H,1-3H3/b15-12-,19-13-. The summed E-state index contributed by atoms with van der Waals surface area (Å²) in [6, 6.07) is 16.1. The molecule has 0 unspecified atom stereocenters. The minimum absolute atomic E-state index is 0.0530. The molecule has 1 fully saturated rings. The zero-order valence-corrected chi connectivity index (χ0v) is 16.1. The number of carbonyl (C=O) groups is 1. The van der Waals surface area contributed by atoms with Gasteiger partial charge < -0.3 is 0 Å². The first kappa shape index (κ1) is 17.6. The van der Waals surface area contributed by atoms with E-state index in [1.165, 1.54) is 17.3 Å². The highest BCUT2D eigenvalue weighted by Gasteiger charge is 2.33. The molecule has 2 aromatic rings. The smallest absolute Gasteiger partial charge is 0.268 e. The van der Waals surface area contributed by atoms with E-state index in [4.69, 9.17) is 12.2 Å². The maximum atomic E-state index is 12.9. The van der Waals surface area contributed by atoms with Crippen LogP contribution >= 0.6 is 24.0 Å². The average Bonchev–Trinajstić information content (AvgIpc) is 2.83. The van der Waals surface area contributed by atoms with Gasteiger partial charge in [0.15, 0.2) is 4.32 Å². The maximum absolute atomic E-state index is 12.9. The number of benzene rings is 2. The van der Waals surface area contributed by atoms with Crippen LogP contribution in [0.1, 0.15) is 23.6 Å². The van der Waals surface area contributed by atoms with Crippen molar-refractivity contribution < 1.29 is 4.79 Å². The van der Waals surface area contributed by atoms with Gasteiger partial charge >= 0.3 is 0 Å². The van der Waals surface area contributed by atoms with Gasteiger partial charge in [0.2, 0.25) is 0 Å². The van der Waals surface area contributed by atoms with Crippen LogP contribution in [-0.2, 0) is 4.79 Å². The van der Waals surface area contributed by atoms with E-state index in [1.54, 1.807) is 4.90 Å². The zero-order chi connectivity index (χ0) is 18.0. The predicted molar refractivity (Wildman–Crippen MR) is 112 cm³/mol. The van der Waals surface area contributed by atoms with Gasteiger partial charge in [0, 0.05) is 0 Å². The molecule has 0 atom stereocenters. The van der Waals surface area contributed by atoms with E-state index in [0.717, 1.165) is 22.4 Å². The first-order chi connectivity index (χ1) is 12.0. The molecule has 2 aromatic carbocycles. The lowest BCUT2D eigenvalue weighted by atomic mass is 10.1. The Balaban J connectivity index is 1.89. The molecular formula is C21H19NOS2. The van der Waals surface area contributed by atoms with Gasteiger partial charge in [-0.1, -0.05) is 78.1 Å². The summed E-state index contributed by atoms with van der Waals surface area (Å²) in [4.78, 5) is 15.2. The number of rotatable bonds is 3. The monoisotopic (exact) mass is 365 g/mol. The number of thioether (sulfide) groups is 1. The SMILES string of the molecule is CC(=C/c1ccccc1)/C=C1\SC(=S)N(c2ccc(C)cc2C)C1=O. The van der Waals surface area contributed by atoms with Crippen molar-refractivity contribution in [2.45, 2.75) is 20.8 Å². The van der Waals surface area contributed by atoms with E-state index >= 15 is 0 Å². The number of allylic oxidation sites excluding steroid dienone is 2. The third-order valence-electron chi connectivity index (χ3n) is 3.94. The lowest BCUT2D eigenvalue weighted by Crippen LogP contribution is -2.28. The number of hydrogen-bond donors (Lipinski definition) is 0. The second-order valence-corrected chi connectivity index (χ2v) is 7.78. The Bertz CT molecular complexity index is 897. The molecule has 4 heteroatoms. The first-order valence-electron chi connectivity index (χ1n) is 8.04. The first-order valence-corrected chi connectivity index (χ1v) is 9.27. The van der Waals surface area contributed by atoms with E-state index in [-0.39, 0.29) is 5.91 Å². The van der Waals surface area contributed by atoms with Gasteiger partial charge in [0.1, 0.15) is 0 Å². The Morgan fingerprint density at radius 1 is 1.12 bits per heavy atom. The molecule has 1 heterocycles. The van der Waals surface area contributed by atoms with Gasteiger partial charge in [-0.15, -0.1) is 0 Å². The summed E-state index contributed by atoms with van der Waals surface area (Å²) in [5, 5.41) is 0. The number of aryl methyl sites for hydroxylation is 2. The second-order valence-electron chi connectivity index (χ2n) is 6.11. The van der Waals surface area contributed by atoms with Crippen molar-refractivity contribution in [1.29, 1.82) is 0 Å². The third kappa shape index (κ3) is 3.91. The normalized spacial score (nSPS) is 16.8. The van der Waals surface area contributed by atoms with Gasteiger partial charge in [-0.3, -0.25) is 9.69 Å². The summed E-state index contributed by atoms with van der Waals surface area (Å²) in [6.45, 7) is 6.04. The Hall–Kier alpha value is -2.17. The summed E-state index contributed by atoms with van der Waals surface area (Å²) in [6.07, 6.45) is 3.97. The van der Waals surface area contributed by atoms with Crippen molar-refractivity contribution in [2.24, 2.45) is 0 Å². The fraction of sp³-hybridized carbons (Fsp3) is 0.143. The van der Waals surface area contributed by atoms with E-state index in [9.17, 15) is 4.79 Å². The van der Waals surface area contributed by atoms with E-state index in [0.29, 0.717) is 9.23 Å². The molecule has 0 spiro atoms. The fourth-order valence-electron chi connectivity index (χ4n) is 2.79. The Morgan fingerprint density at radius 3 is 2.52 bits per heavy atom. The molecule has 126 valence electrons. The second kappa shape index (κ2) is 7.38. The number of amides is 1. The topological polar surface area (TPSA) is 20.3 Å². The Morgan fingerprint density at radius 2 is 1.84 bits per heavy atom. The largest absolute Gasteiger partial charge is 0.270 e. The van der Waals surface area contributed by atoms with Crippen LogP contribution in [0.5, 0.6) is 0 Å². The molecular weight excluding hydrogens is 346 g/mol. The molecule has 1 amide bonds. The van der Waals surface area contributed by atoms with Gasteiger partial charge in [0.05, 0.1) is 10.6 Å². The predicted octanol–water partition coefficient (Wildman–Crippen LogP) is 5.66. The molecule has 2 nitrogen and oxygen atoms in total. The van der Waals surface area contributed by atoms with E-state index in [2.05, 4.69) is 12.1 Å². The zero-order valence-electron chi connectivity index (χ0n) is 14.4. The molecule has 3 rings (SSSR count). The number of thiocarbonyl (C=S) groups is 1. The summed E-state index contributed by atoms with van der Waals surface area (Å²) in [5.74, 6) is -0.0530. The fourth-order valence-corrected chi connectivity index (χ4v) is 4.13. The molecule has 25 heavy (non-hydrogen) atoms. The highest BCUT2D eigenvalue weighted by molar-refractivity contribution is 8.27. The molecule has 0 aliphatic carbocycles. The van der Waals surface area contributed by atoms with E-state index in [1.807, 2.05) is 69.3 Å². The summed E-state index contributed by atoms with van der Waals surface area (Å²) < 4.78 is 0.579. The minimum Gasteiger partial charge on any atom is -0.268 e. The van der Waals surface area contributed by atoms with Crippen LogP contribution in [0.15, 0.2) is 65.1 Å². The summed E-state index contributed by atoms with van der Waals surface area (Å²) in [5.41, 5.74) is 5.22. The van der Waals surface area contributed by atoms with Crippen molar-refractivity contribution in [1.82, 2.24) is 0 Å². The highest BCUT2D eigenvalue weighted by atomic mass is 32.2. The van der Waals surface area contributed by atoms with E-state index < -0.39 is 0 Å². The van der Waals surface area contributed by atoms with Gasteiger partial charge in [-0.25, -0.2) is 0 Å². The van der Waals surface area contributed by atoms with Crippen LogP contribution in [0, 0.1) is 13.8 Å². The molecule has 0 saturated carbocycles. The molecule has 1 aliphatic heterocycles. The van der Waals surface area contributed by atoms with Gasteiger partial charge in [0.25, 0.3) is 5.91 Å². The van der Waals surface area contributed by atoms with Crippen molar-refractivity contribution in [2.75, 3.05) is 4.90 Å². The number of anilines is 1. The highest BCUT2D eigenvalue weighted by Crippen LogP contribution is 2.37. The Kier molecular flexibility index (Phi) is 5.21. The third-order valence-corrected chi connectivity index (χ3v) is 5.24. The minimum atomic E-state index is -0.0530. The van der Waals surface area contributed by atoms with Crippen molar-refractivity contribution >= 4 is 46.0 Å². The molecule has 0 radical (unpaired) electrons. The number of nitrogens with zero attached hydrogens (tertiary/aromatic N) is 1. The van der Waals surface area contributed by atoms with Crippen LogP contribution in [0.3, 0.4) is 0 Å². The van der Waals surface area contributed by atoms with Crippen LogP contribution < -0.4 is 4.90 Å². The molecule has 0 bridgehead atoms. The average molecular weight is 366 g/mol. The maximum Gasteiger partial charge on any atom is 0.270 e. The quantitative estimate of drug-likeness (QED) is 0.517. The van der Waals surface area contributed by atoms with Crippen LogP contribution in [0.25, 0.3) is 6.08 Å². The van der Waals surface area contributed by atoms with Gasteiger partial charge in [-0.05, 0) is 49.6 Å². The van der Waals surface area contributed by atoms with Gasteiger partial charge in [-0.2, -0.15) is 0 Å². The Labute approximate surface area is 158 Å². The summed E-state index contributed by atoms with van der Waals surface area (Å²) >= 11 is 6.82.